The van der Waals surface area contributed by atoms with Crippen molar-refractivity contribution in [1.82, 2.24) is 5.32 Å². The second-order valence-electron chi connectivity index (χ2n) is 9.70. The van der Waals surface area contributed by atoms with E-state index in [-0.39, 0.29) is 11.5 Å². The Labute approximate surface area is 230 Å². The monoisotopic (exact) mass is 543 g/mol. The van der Waals surface area contributed by atoms with E-state index in [2.05, 4.69) is 27.7 Å². The van der Waals surface area contributed by atoms with Crippen molar-refractivity contribution in [3.8, 4) is 0 Å². The maximum absolute atomic E-state index is 13.4. The van der Waals surface area contributed by atoms with E-state index in [9.17, 15) is 22.8 Å². The molecule has 4 aromatic carbocycles. The lowest BCUT2D eigenvalue weighted by Crippen LogP contribution is -2.33. The summed E-state index contributed by atoms with van der Waals surface area (Å²) in [4.78, 5) is 28.4. The minimum absolute atomic E-state index is 0.125. The summed E-state index contributed by atoms with van der Waals surface area (Å²) in [6.45, 7) is 1.78. The van der Waals surface area contributed by atoms with Gasteiger partial charge in [0.15, 0.2) is 0 Å². The second kappa shape index (κ2) is 11.7. The summed E-state index contributed by atoms with van der Waals surface area (Å²) in [7, 11) is 0. The van der Waals surface area contributed by atoms with Gasteiger partial charge in [-0.05, 0) is 65.9 Å². The van der Waals surface area contributed by atoms with Crippen LogP contribution in [0.4, 0.5) is 24.5 Å². The van der Waals surface area contributed by atoms with Gasteiger partial charge in [-0.3, -0.25) is 9.59 Å². The minimum atomic E-state index is -4.56. The third kappa shape index (κ3) is 6.34. The number of rotatable bonds is 7. The first-order chi connectivity index (χ1) is 19.3. The van der Waals surface area contributed by atoms with Gasteiger partial charge in [-0.1, -0.05) is 60.7 Å². The molecular formula is C32H28F3N3O2. The van der Waals surface area contributed by atoms with Crippen molar-refractivity contribution < 1.29 is 22.8 Å². The van der Waals surface area contributed by atoms with Gasteiger partial charge in [0.25, 0.3) is 11.8 Å². The molecule has 0 unspecified atom stereocenters. The molecule has 5 nitrogen and oxygen atoms in total. The van der Waals surface area contributed by atoms with Gasteiger partial charge in [0.05, 0.1) is 11.1 Å². The predicted octanol–water partition coefficient (Wildman–Crippen LogP) is 6.49. The zero-order chi connectivity index (χ0) is 28.1. The van der Waals surface area contributed by atoms with Gasteiger partial charge in [-0.25, -0.2) is 0 Å². The third-order valence-electron chi connectivity index (χ3n) is 6.96. The first-order valence-corrected chi connectivity index (χ1v) is 13.0. The van der Waals surface area contributed by atoms with Gasteiger partial charge in [0.1, 0.15) is 0 Å². The zero-order valence-electron chi connectivity index (χ0n) is 21.7. The number of benzene rings is 4. The maximum atomic E-state index is 13.4. The number of nitrogens with zero attached hydrogens (tertiary/aromatic N) is 1. The van der Waals surface area contributed by atoms with E-state index in [1.54, 1.807) is 18.2 Å². The van der Waals surface area contributed by atoms with Gasteiger partial charge in [-0.2, -0.15) is 13.2 Å². The van der Waals surface area contributed by atoms with E-state index in [0.29, 0.717) is 30.8 Å². The molecule has 0 fully saturated rings. The van der Waals surface area contributed by atoms with Crippen LogP contribution < -0.4 is 15.5 Å². The molecule has 4 aromatic rings. The van der Waals surface area contributed by atoms with E-state index >= 15 is 0 Å². The minimum Gasteiger partial charge on any atom is -0.366 e. The van der Waals surface area contributed by atoms with Crippen LogP contribution in [0.25, 0.3) is 0 Å². The van der Waals surface area contributed by atoms with E-state index in [1.165, 1.54) is 23.3 Å². The van der Waals surface area contributed by atoms with E-state index in [4.69, 9.17) is 0 Å². The van der Waals surface area contributed by atoms with Crippen LogP contribution in [0.15, 0.2) is 97.1 Å². The summed E-state index contributed by atoms with van der Waals surface area (Å²) in [5.74, 6) is -0.985. The highest BCUT2D eigenvalue weighted by Crippen LogP contribution is 2.31. The van der Waals surface area contributed by atoms with Crippen molar-refractivity contribution in [2.45, 2.75) is 25.6 Å². The fourth-order valence-electron chi connectivity index (χ4n) is 4.87. The number of amides is 2. The third-order valence-corrected chi connectivity index (χ3v) is 6.96. The summed E-state index contributed by atoms with van der Waals surface area (Å²) in [6.07, 6.45) is -3.07. The van der Waals surface area contributed by atoms with Crippen molar-refractivity contribution in [2.24, 2.45) is 0 Å². The number of fused-ring (bicyclic) bond motifs is 1. The van der Waals surface area contributed by atoms with E-state index in [0.717, 1.165) is 36.3 Å². The molecule has 1 aliphatic rings. The van der Waals surface area contributed by atoms with Crippen molar-refractivity contribution in [1.29, 1.82) is 0 Å². The molecule has 0 atom stereocenters. The fourth-order valence-corrected chi connectivity index (χ4v) is 4.87. The summed E-state index contributed by atoms with van der Waals surface area (Å²) in [5.41, 5.74) is 3.95. The van der Waals surface area contributed by atoms with Gasteiger partial charge in [0.2, 0.25) is 0 Å². The molecule has 2 amide bonds. The number of carbonyl (C=O) groups is 2. The quantitative estimate of drug-likeness (QED) is 0.280. The average Bonchev–Trinajstić information content (AvgIpc) is 2.97. The average molecular weight is 544 g/mol. The highest BCUT2D eigenvalue weighted by atomic mass is 19.4. The highest BCUT2D eigenvalue weighted by Gasteiger charge is 2.31. The lowest BCUT2D eigenvalue weighted by Gasteiger charge is -2.32. The molecule has 8 heteroatoms. The standard InChI is InChI=1S/C32H28F3N3O2/c33-32(34,35)26-12-6-11-24(19-26)30(39)37-27-13-14-29(38-18-16-23-9-4-5-10-25(23)21-38)28(20-27)31(40)36-17-15-22-7-2-1-3-8-22/h1-14,19-20H,15-18,21H2,(H,36,40)(H,37,39). The molecule has 0 saturated carbocycles. The lowest BCUT2D eigenvalue weighted by molar-refractivity contribution is -0.137. The number of nitrogens with one attached hydrogen (secondary N) is 2. The van der Waals surface area contributed by atoms with Gasteiger partial charge < -0.3 is 15.5 Å². The second-order valence-corrected chi connectivity index (χ2v) is 9.70. The molecule has 0 saturated heterocycles. The molecule has 0 spiro atoms. The van der Waals surface area contributed by atoms with Crippen molar-refractivity contribution in [2.75, 3.05) is 23.3 Å². The molecule has 1 aliphatic heterocycles. The topological polar surface area (TPSA) is 61.4 Å². The van der Waals surface area contributed by atoms with Crippen molar-refractivity contribution >= 4 is 23.2 Å². The summed E-state index contributed by atoms with van der Waals surface area (Å²) in [5, 5.41) is 5.63. The molecule has 2 N–H and O–H groups in total. The number of halogens is 3. The summed E-state index contributed by atoms with van der Waals surface area (Å²) in [6, 6.07) is 27.3. The lowest BCUT2D eigenvalue weighted by atomic mass is 9.98. The fraction of sp³-hybridized carbons (Fsp3) is 0.188. The van der Waals surface area contributed by atoms with Crippen LogP contribution in [0.5, 0.6) is 0 Å². The first kappa shape index (κ1) is 27.0. The Kier molecular flexibility index (Phi) is 7.86. The van der Waals surface area contributed by atoms with Crippen molar-refractivity contribution in [3.05, 3.63) is 130 Å². The Morgan fingerprint density at radius 3 is 2.33 bits per heavy atom. The smallest absolute Gasteiger partial charge is 0.366 e. The number of carbonyl (C=O) groups excluding carboxylic acids is 2. The largest absolute Gasteiger partial charge is 0.416 e. The molecular weight excluding hydrogens is 515 g/mol. The van der Waals surface area contributed by atoms with Crippen molar-refractivity contribution in [3.63, 3.8) is 0 Å². The molecule has 0 bridgehead atoms. The van der Waals surface area contributed by atoms with Crippen LogP contribution in [-0.4, -0.2) is 24.9 Å². The molecule has 1 heterocycles. The molecule has 5 rings (SSSR count). The molecule has 40 heavy (non-hydrogen) atoms. The van der Waals surface area contributed by atoms with Crippen LogP contribution >= 0.6 is 0 Å². The zero-order valence-corrected chi connectivity index (χ0v) is 21.7. The Morgan fingerprint density at radius 1 is 0.800 bits per heavy atom. The molecule has 0 aromatic heterocycles. The number of anilines is 2. The van der Waals surface area contributed by atoms with E-state index < -0.39 is 17.6 Å². The Hall–Kier alpha value is -4.59. The number of hydrogen-bond acceptors (Lipinski definition) is 3. The van der Waals surface area contributed by atoms with Gasteiger partial charge in [-0.15, -0.1) is 0 Å². The first-order valence-electron chi connectivity index (χ1n) is 13.0. The Bertz CT molecular complexity index is 1520. The van der Waals surface area contributed by atoms with Crippen LogP contribution in [0.3, 0.4) is 0 Å². The number of alkyl halides is 3. The Morgan fingerprint density at radius 2 is 1.55 bits per heavy atom. The molecule has 204 valence electrons. The highest BCUT2D eigenvalue weighted by molar-refractivity contribution is 6.06. The maximum Gasteiger partial charge on any atom is 0.416 e. The van der Waals surface area contributed by atoms with Gasteiger partial charge in [0, 0.05) is 36.6 Å². The van der Waals surface area contributed by atoms with Crippen LogP contribution in [0.2, 0.25) is 0 Å². The summed E-state index contributed by atoms with van der Waals surface area (Å²) < 4.78 is 39.4. The number of hydrogen-bond donors (Lipinski definition) is 2. The van der Waals surface area contributed by atoms with Crippen LogP contribution in [0.1, 0.15) is 43.0 Å². The van der Waals surface area contributed by atoms with Crippen LogP contribution in [0, 0.1) is 0 Å². The van der Waals surface area contributed by atoms with Gasteiger partial charge >= 0.3 is 6.18 Å². The SMILES string of the molecule is O=C(Nc1ccc(N2CCc3ccccc3C2)c(C(=O)NCCc2ccccc2)c1)c1cccc(C(F)(F)F)c1. The normalized spacial score (nSPS) is 12.9. The molecule has 0 aliphatic carbocycles. The molecule has 0 radical (unpaired) electrons. The Balaban J connectivity index is 1.39. The van der Waals surface area contributed by atoms with Crippen LogP contribution in [-0.2, 0) is 25.6 Å². The summed E-state index contributed by atoms with van der Waals surface area (Å²) >= 11 is 0. The van der Waals surface area contributed by atoms with E-state index in [1.807, 2.05) is 42.5 Å². The predicted molar refractivity (Wildman–Crippen MR) is 150 cm³/mol.